The minimum Gasteiger partial charge on any atom is -0.396 e. The lowest BCUT2D eigenvalue weighted by Crippen LogP contribution is -2.52. The molecule has 1 aliphatic heterocycles. The maximum atomic E-state index is 6.00. The largest absolute Gasteiger partial charge is 0.396 e. The van der Waals surface area contributed by atoms with Crippen LogP contribution in [0.3, 0.4) is 0 Å². The first-order valence-electron chi connectivity index (χ1n) is 4.39. The predicted molar refractivity (Wildman–Crippen MR) is 56.7 cm³/mol. The summed E-state index contributed by atoms with van der Waals surface area (Å²) in [5.41, 5.74) is 7.28. The van der Waals surface area contributed by atoms with Crippen molar-refractivity contribution in [3.8, 4) is 0 Å². The standard InChI is InChI=1S/C9H12ClN3O/c1-14-6-4-13(5-6)9-7(10)2-12-3-8(9)11/h2-3,6H,4-5,11H2,1H3. The van der Waals surface area contributed by atoms with E-state index in [2.05, 4.69) is 9.88 Å². The van der Waals surface area contributed by atoms with Crippen LogP contribution in [-0.2, 0) is 4.74 Å². The first-order valence-corrected chi connectivity index (χ1v) is 4.77. The highest BCUT2D eigenvalue weighted by Gasteiger charge is 2.29. The summed E-state index contributed by atoms with van der Waals surface area (Å²) in [4.78, 5) is 6.00. The number of nitrogens with zero attached hydrogens (tertiary/aromatic N) is 2. The molecule has 0 bridgehead atoms. The van der Waals surface area contributed by atoms with E-state index in [1.165, 1.54) is 0 Å². The second-order valence-corrected chi connectivity index (χ2v) is 3.73. The Labute approximate surface area is 87.6 Å². The quantitative estimate of drug-likeness (QED) is 0.801. The summed E-state index contributed by atoms with van der Waals surface area (Å²) in [5, 5.41) is 0.597. The van der Waals surface area contributed by atoms with Crippen molar-refractivity contribution in [1.82, 2.24) is 4.98 Å². The first-order chi connectivity index (χ1) is 6.72. The van der Waals surface area contributed by atoms with Crippen LogP contribution in [0.1, 0.15) is 0 Å². The molecule has 1 fully saturated rings. The van der Waals surface area contributed by atoms with Gasteiger partial charge in [0.15, 0.2) is 0 Å². The average Bonchev–Trinajstić information content (AvgIpc) is 2.08. The summed E-state index contributed by atoms with van der Waals surface area (Å²) in [5.74, 6) is 0. The van der Waals surface area contributed by atoms with E-state index in [0.29, 0.717) is 16.8 Å². The molecule has 0 aromatic carbocycles. The molecule has 2 heterocycles. The van der Waals surface area contributed by atoms with Gasteiger partial charge in [-0.05, 0) is 0 Å². The topological polar surface area (TPSA) is 51.4 Å². The second-order valence-electron chi connectivity index (χ2n) is 3.32. The van der Waals surface area contributed by atoms with Crippen molar-refractivity contribution in [1.29, 1.82) is 0 Å². The van der Waals surface area contributed by atoms with Crippen LogP contribution in [0.25, 0.3) is 0 Å². The summed E-state index contributed by atoms with van der Waals surface area (Å²) < 4.78 is 5.18. The van der Waals surface area contributed by atoms with Crippen LogP contribution in [0.4, 0.5) is 11.4 Å². The van der Waals surface area contributed by atoms with Crippen molar-refractivity contribution < 1.29 is 4.74 Å². The Kier molecular flexibility index (Phi) is 2.48. The smallest absolute Gasteiger partial charge is 0.0920 e. The molecular weight excluding hydrogens is 202 g/mol. The van der Waals surface area contributed by atoms with Gasteiger partial charge in [0.25, 0.3) is 0 Å². The van der Waals surface area contributed by atoms with Crippen LogP contribution < -0.4 is 10.6 Å². The monoisotopic (exact) mass is 213 g/mol. The summed E-state index contributed by atoms with van der Waals surface area (Å²) in [6.07, 6.45) is 3.51. The lowest BCUT2D eigenvalue weighted by atomic mass is 10.1. The number of aromatic nitrogens is 1. The van der Waals surface area contributed by atoms with Crippen LogP contribution in [-0.4, -0.2) is 31.3 Å². The van der Waals surface area contributed by atoms with Gasteiger partial charge >= 0.3 is 0 Å². The van der Waals surface area contributed by atoms with Crippen molar-refractivity contribution in [3.05, 3.63) is 17.4 Å². The lowest BCUT2D eigenvalue weighted by Gasteiger charge is -2.40. The molecular formula is C9H12ClN3O. The van der Waals surface area contributed by atoms with Gasteiger partial charge in [-0.1, -0.05) is 11.6 Å². The Morgan fingerprint density at radius 3 is 2.86 bits per heavy atom. The minimum atomic E-state index is 0.290. The highest BCUT2D eigenvalue weighted by molar-refractivity contribution is 6.33. The molecule has 4 nitrogen and oxygen atoms in total. The molecule has 14 heavy (non-hydrogen) atoms. The Morgan fingerprint density at radius 1 is 1.57 bits per heavy atom. The summed E-state index contributed by atoms with van der Waals surface area (Å²) in [6, 6.07) is 0. The van der Waals surface area contributed by atoms with Gasteiger partial charge in [0.05, 0.1) is 28.7 Å². The van der Waals surface area contributed by atoms with Crippen molar-refractivity contribution in [3.63, 3.8) is 0 Å². The van der Waals surface area contributed by atoms with Crippen molar-refractivity contribution >= 4 is 23.0 Å². The molecule has 76 valence electrons. The van der Waals surface area contributed by atoms with Crippen molar-refractivity contribution in [2.45, 2.75) is 6.10 Å². The van der Waals surface area contributed by atoms with E-state index in [0.717, 1.165) is 18.8 Å². The lowest BCUT2D eigenvalue weighted by molar-refractivity contribution is 0.0788. The highest BCUT2D eigenvalue weighted by Crippen LogP contribution is 2.34. The van der Waals surface area contributed by atoms with Gasteiger partial charge in [-0.15, -0.1) is 0 Å². The summed E-state index contributed by atoms with van der Waals surface area (Å²) in [6.45, 7) is 1.68. The van der Waals surface area contributed by atoms with E-state index in [4.69, 9.17) is 22.1 Å². The van der Waals surface area contributed by atoms with Crippen LogP contribution >= 0.6 is 11.6 Å². The zero-order chi connectivity index (χ0) is 10.1. The zero-order valence-electron chi connectivity index (χ0n) is 7.90. The summed E-state index contributed by atoms with van der Waals surface area (Å²) in [7, 11) is 1.71. The molecule has 2 N–H and O–H groups in total. The average molecular weight is 214 g/mol. The number of nitrogen functional groups attached to an aromatic ring is 1. The normalized spacial score (nSPS) is 16.9. The van der Waals surface area contributed by atoms with Crippen molar-refractivity contribution in [2.24, 2.45) is 0 Å². The predicted octanol–water partition coefficient (Wildman–Crippen LogP) is 1.15. The van der Waals surface area contributed by atoms with Crippen LogP contribution in [0.2, 0.25) is 5.02 Å². The number of halogens is 1. The Bertz CT molecular complexity index is 319. The van der Waals surface area contributed by atoms with Gasteiger partial charge in [0.1, 0.15) is 0 Å². The third-order valence-electron chi connectivity index (χ3n) is 2.40. The molecule has 1 aromatic rings. The molecule has 5 heteroatoms. The fourth-order valence-corrected chi connectivity index (χ4v) is 1.83. The number of methoxy groups -OCH3 is 1. The van der Waals surface area contributed by atoms with Crippen LogP contribution in [0, 0.1) is 0 Å². The van der Waals surface area contributed by atoms with Gasteiger partial charge < -0.3 is 15.4 Å². The minimum absolute atomic E-state index is 0.290. The van der Waals surface area contributed by atoms with Gasteiger partial charge in [0.2, 0.25) is 0 Å². The molecule has 2 rings (SSSR count). The first kappa shape index (κ1) is 9.55. The van der Waals surface area contributed by atoms with E-state index in [1.54, 1.807) is 19.5 Å². The number of hydrogen-bond donors (Lipinski definition) is 1. The molecule has 0 spiro atoms. The van der Waals surface area contributed by atoms with Crippen LogP contribution in [0.15, 0.2) is 12.4 Å². The molecule has 0 unspecified atom stereocenters. The number of pyridine rings is 1. The molecule has 0 amide bonds. The number of anilines is 2. The third kappa shape index (κ3) is 1.51. The maximum Gasteiger partial charge on any atom is 0.0920 e. The van der Waals surface area contributed by atoms with E-state index in [-0.39, 0.29) is 0 Å². The molecule has 0 saturated carbocycles. The molecule has 1 aliphatic rings. The number of ether oxygens (including phenoxy) is 1. The number of rotatable bonds is 2. The summed E-state index contributed by atoms with van der Waals surface area (Å²) >= 11 is 6.00. The van der Waals surface area contributed by atoms with Gasteiger partial charge in [-0.3, -0.25) is 4.98 Å². The fourth-order valence-electron chi connectivity index (χ4n) is 1.55. The fraction of sp³-hybridized carbons (Fsp3) is 0.444. The molecule has 0 radical (unpaired) electrons. The second kappa shape index (κ2) is 3.63. The molecule has 0 atom stereocenters. The van der Waals surface area contributed by atoms with Crippen LogP contribution in [0.5, 0.6) is 0 Å². The Morgan fingerprint density at radius 2 is 2.29 bits per heavy atom. The maximum absolute atomic E-state index is 6.00. The number of nitrogens with two attached hydrogens (primary N) is 1. The number of hydrogen-bond acceptors (Lipinski definition) is 4. The van der Waals surface area contributed by atoms with Crippen molar-refractivity contribution in [2.75, 3.05) is 30.8 Å². The van der Waals surface area contributed by atoms with E-state index < -0.39 is 0 Å². The molecule has 1 aromatic heterocycles. The molecule has 0 aliphatic carbocycles. The van der Waals surface area contributed by atoms with E-state index >= 15 is 0 Å². The Hall–Kier alpha value is -1.00. The van der Waals surface area contributed by atoms with E-state index in [1.807, 2.05) is 0 Å². The van der Waals surface area contributed by atoms with Gasteiger partial charge in [-0.25, -0.2) is 0 Å². The SMILES string of the molecule is COC1CN(c2c(N)cncc2Cl)C1. The third-order valence-corrected chi connectivity index (χ3v) is 2.68. The molecule has 1 saturated heterocycles. The Balaban J connectivity index is 2.18. The van der Waals surface area contributed by atoms with Gasteiger partial charge in [-0.2, -0.15) is 0 Å². The van der Waals surface area contributed by atoms with E-state index in [9.17, 15) is 0 Å². The highest BCUT2D eigenvalue weighted by atomic mass is 35.5. The zero-order valence-corrected chi connectivity index (χ0v) is 8.66. The van der Waals surface area contributed by atoms with Gasteiger partial charge in [0, 0.05) is 26.4 Å².